The molecule has 5 nitrogen and oxygen atoms in total. The fourth-order valence-electron chi connectivity index (χ4n) is 2.93. The summed E-state index contributed by atoms with van der Waals surface area (Å²) >= 11 is 7.97. The highest BCUT2D eigenvalue weighted by atomic mass is 35.5. The van der Waals surface area contributed by atoms with Crippen LogP contribution in [0.15, 0.2) is 47.0 Å². The maximum Gasteiger partial charge on any atom is 0.172 e. The Morgan fingerprint density at radius 1 is 1.40 bits per heavy atom. The number of hydrogen-bond donors (Lipinski definition) is 0. The fraction of sp³-hybridized carbons (Fsp3) is 0.278. The number of aromatic nitrogens is 2. The van der Waals surface area contributed by atoms with Crippen LogP contribution in [0.25, 0.3) is 5.69 Å². The molecule has 0 amide bonds. The maximum atomic E-state index is 6.30. The van der Waals surface area contributed by atoms with Crippen LogP contribution < -0.4 is 0 Å². The van der Waals surface area contributed by atoms with Gasteiger partial charge in [0.05, 0.1) is 17.4 Å². The van der Waals surface area contributed by atoms with Gasteiger partial charge in [-0.2, -0.15) is 5.10 Å². The molecule has 2 aliphatic rings. The number of amidine groups is 2. The minimum Gasteiger partial charge on any atom is -0.305 e. The van der Waals surface area contributed by atoms with E-state index in [1.807, 2.05) is 42.1 Å². The van der Waals surface area contributed by atoms with Crippen LogP contribution in [0.1, 0.15) is 17.5 Å². The van der Waals surface area contributed by atoms with E-state index in [2.05, 4.69) is 16.6 Å². The van der Waals surface area contributed by atoms with Crippen molar-refractivity contribution in [2.45, 2.75) is 13.3 Å². The van der Waals surface area contributed by atoms with E-state index in [1.54, 1.807) is 11.8 Å². The van der Waals surface area contributed by atoms with E-state index in [1.165, 1.54) is 0 Å². The Kier molecular flexibility index (Phi) is 4.39. The Morgan fingerprint density at radius 2 is 2.28 bits per heavy atom. The lowest BCUT2D eigenvalue weighted by Gasteiger charge is -2.32. The molecule has 3 heterocycles. The number of hydrogen-bond acceptors (Lipinski definition) is 5. The van der Waals surface area contributed by atoms with Crippen molar-refractivity contribution < 1.29 is 0 Å². The molecule has 2 aliphatic heterocycles. The van der Waals surface area contributed by atoms with Crippen LogP contribution in [0.3, 0.4) is 0 Å². The van der Waals surface area contributed by atoms with Gasteiger partial charge in [0.15, 0.2) is 11.0 Å². The summed E-state index contributed by atoms with van der Waals surface area (Å²) in [6, 6.07) is 5.93. The van der Waals surface area contributed by atoms with Crippen molar-refractivity contribution in [3.63, 3.8) is 0 Å². The first kappa shape index (κ1) is 16.4. The second kappa shape index (κ2) is 6.69. The Bertz CT molecular complexity index is 899. The Balaban J connectivity index is 1.84. The molecule has 25 heavy (non-hydrogen) atoms. The third kappa shape index (κ3) is 2.89. The normalized spacial score (nSPS) is 16.0. The molecule has 0 unspecified atom stereocenters. The van der Waals surface area contributed by atoms with Crippen molar-refractivity contribution in [2.75, 3.05) is 18.8 Å². The molecule has 1 aromatic carbocycles. The fourth-order valence-corrected chi connectivity index (χ4v) is 3.85. The van der Waals surface area contributed by atoms with Gasteiger partial charge in [-0.3, -0.25) is 4.99 Å². The number of thioether (sulfide) groups is 1. The van der Waals surface area contributed by atoms with Crippen molar-refractivity contribution in [2.24, 2.45) is 9.98 Å². The summed E-state index contributed by atoms with van der Waals surface area (Å²) in [6.07, 6.45) is 4.77. The number of rotatable bonds is 3. The lowest BCUT2D eigenvalue weighted by Crippen LogP contribution is -2.41. The molecule has 2 aromatic rings. The second-order valence-electron chi connectivity index (χ2n) is 5.93. The zero-order valence-corrected chi connectivity index (χ0v) is 15.5. The van der Waals surface area contributed by atoms with E-state index < -0.39 is 0 Å². The summed E-state index contributed by atoms with van der Waals surface area (Å²) in [5.41, 5.74) is 2.91. The molecule has 7 heteroatoms. The number of aliphatic imine (C=N–C) groups is 2. The van der Waals surface area contributed by atoms with Gasteiger partial charge in [-0.25, -0.2) is 9.67 Å². The zero-order valence-electron chi connectivity index (χ0n) is 13.9. The minimum atomic E-state index is 0.722. The first-order chi connectivity index (χ1) is 12.2. The van der Waals surface area contributed by atoms with Gasteiger partial charge in [-0.05, 0) is 31.0 Å². The molecule has 128 valence electrons. The van der Waals surface area contributed by atoms with Crippen LogP contribution >= 0.6 is 23.4 Å². The number of fused-ring (bicyclic) bond motifs is 3. The van der Waals surface area contributed by atoms with E-state index >= 15 is 0 Å². The van der Waals surface area contributed by atoms with Crippen LogP contribution in [-0.4, -0.2) is 44.5 Å². The average Bonchev–Trinajstić information content (AvgIpc) is 3.06. The van der Waals surface area contributed by atoms with Crippen molar-refractivity contribution in [1.29, 1.82) is 0 Å². The Labute approximate surface area is 156 Å². The van der Waals surface area contributed by atoms with E-state index in [4.69, 9.17) is 21.6 Å². The van der Waals surface area contributed by atoms with E-state index in [0.29, 0.717) is 0 Å². The van der Waals surface area contributed by atoms with Crippen LogP contribution in [-0.2, 0) is 0 Å². The summed E-state index contributed by atoms with van der Waals surface area (Å²) in [4.78, 5) is 11.8. The quantitative estimate of drug-likeness (QED) is 0.759. The lowest BCUT2D eigenvalue weighted by atomic mass is 10.2. The largest absolute Gasteiger partial charge is 0.305 e. The Hall–Kier alpha value is -2.05. The molecule has 0 fully saturated rings. The number of aryl methyl sites for hydroxylation is 1. The average molecular weight is 372 g/mol. The van der Waals surface area contributed by atoms with Crippen molar-refractivity contribution in [3.05, 3.63) is 53.2 Å². The topological polar surface area (TPSA) is 45.8 Å². The summed E-state index contributed by atoms with van der Waals surface area (Å²) in [7, 11) is 0. The smallest absolute Gasteiger partial charge is 0.172 e. The molecular weight excluding hydrogens is 354 g/mol. The molecular formula is C18H18ClN5S. The van der Waals surface area contributed by atoms with Gasteiger partial charge in [-0.1, -0.05) is 35.5 Å². The number of halogens is 1. The van der Waals surface area contributed by atoms with Crippen molar-refractivity contribution in [1.82, 2.24) is 14.7 Å². The van der Waals surface area contributed by atoms with Crippen LogP contribution in [0, 0.1) is 6.92 Å². The lowest BCUT2D eigenvalue weighted by molar-refractivity contribution is 0.554. The van der Waals surface area contributed by atoms with Crippen LogP contribution in [0.4, 0.5) is 5.82 Å². The highest BCUT2D eigenvalue weighted by Crippen LogP contribution is 2.33. The summed E-state index contributed by atoms with van der Waals surface area (Å²) < 4.78 is 1.84. The summed E-state index contributed by atoms with van der Waals surface area (Å²) in [6.45, 7) is 7.57. The minimum absolute atomic E-state index is 0.722. The van der Waals surface area contributed by atoms with E-state index in [9.17, 15) is 0 Å². The van der Waals surface area contributed by atoms with Gasteiger partial charge >= 0.3 is 0 Å². The molecule has 1 aromatic heterocycles. The van der Waals surface area contributed by atoms with Gasteiger partial charge in [0, 0.05) is 23.9 Å². The number of nitrogens with zero attached hydrogens (tertiary/aromatic N) is 5. The number of benzene rings is 1. The molecule has 4 rings (SSSR count). The van der Waals surface area contributed by atoms with Gasteiger partial charge < -0.3 is 4.90 Å². The standard InChI is InChI=1S/C18H18ClN5S/c1-3-9-25-18-22-17-14(16-20-7-4-8-23(16)18)11-21-24(17)13-6-5-12(2)15(19)10-13/h3,5-6,10-11H,1,4,7-9H2,2H3. The van der Waals surface area contributed by atoms with E-state index in [-0.39, 0.29) is 0 Å². The molecule has 0 radical (unpaired) electrons. The monoisotopic (exact) mass is 371 g/mol. The molecule has 0 aliphatic carbocycles. The molecule has 0 atom stereocenters. The van der Waals surface area contributed by atoms with Gasteiger partial charge in [-0.15, -0.1) is 6.58 Å². The van der Waals surface area contributed by atoms with Crippen molar-refractivity contribution in [3.8, 4) is 5.69 Å². The molecule has 0 spiro atoms. The van der Waals surface area contributed by atoms with Crippen molar-refractivity contribution >= 4 is 40.2 Å². The molecule has 0 saturated carbocycles. The van der Waals surface area contributed by atoms with Gasteiger partial charge in [0.25, 0.3) is 0 Å². The SMILES string of the molecule is C=CCSC1=Nc2c(cnn2-c2ccc(C)c(Cl)c2)C2=NCCCN12. The highest BCUT2D eigenvalue weighted by molar-refractivity contribution is 8.14. The molecule has 0 bridgehead atoms. The third-order valence-electron chi connectivity index (χ3n) is 4.20. The van der Waals surface area contributed by atoms with E-state index in [0.717, 1.165) is 63.9 Å². The second-order valence-corrected chi connectivity index (χ2v) is 7.33. The first-order valence-corrected chi connectivity index (χ1v) is 9.54. The predicted molar refractivity (Wildman–Crippen MR) is 106 cm³/mol. The maximum absolute atomic E-state index is 6.30. The molecule has 0 saturated heterocycles. The van der Waals surface area contributed by atoms with Crippen LogP contribution in [0.5, 0.6) is 0 Å². The predicted octanol–water partition coefficient (Wildman–Crippen LogP) is 4.21. The highest BCUT2D eigenvalue weighted by Gasteiger charge is 2.31. The third-order valence-corrected chi connectivity index (χ3v) is 5.58. The summed E-state index contributed by atoms with van der Waals surface area (Å²) in [5.74, 6) is 2.58. The van der Waals surface area contributed by atoms with Gasteiger partial charge in [0.1, 0.15) is 5.84 Å². The zero-order chi connectivity index (χ0) is 17.4. The summed E-state index contributed by atoms with van der Waals surface area (Å²) in [5, 5.41) is 6.23. The van der Waals surface area contributed by atoms with Crippen LogP contribution in [0.2, 0.25) is 5.02 Å². The Morgan fingerprint density at radius 3 is 3.08 bits per heavy atom. The van der Waals surface area contributed by atoms with Gasteiger partial charge in [0.2, 0.25) is 0 Å². The first-order valence-electron chi connectivity index (χ1n) is 8.18. The molecule has 0 N–H and O–H groups in total.